The fourth-order valence-corrected chi connectivity index (χ4v) is 2.11. The molecule has 6 heteroatoms. The molecule has 2 atom stereocenters. The Labute approximate surface area is 89.6 Å². The van der Waals surface area contributed by atoms with E-state index in [2.05, 4.69) is 5.32 Å². The number of nitrogens with one attached hydrogen (secondary N) is 1. The lowest BCUT2D eigenvalue weighted by Crippen LogP contribution is -2.40. The summed E-state index contributed by atoms with van der Waals surface area (Å²) in [6, 6.07) is 0. The van der Waals surface area contributed by atoms with Crippen molar-refractivity contribution in [2.45, 2.75) is 25.6 Å². The Bertz CT molecular complexity index is 212. The third-order valence-corrected chi connectivity index (χ3v) is 2.96. The molecule has 0 bridgehead atoms. The quantitative estimate of drug-likeness (QED) is 0.466. The van der Waals surface area contributed by atoms with Crippen molar-refractivity contribution in [1.29, 1.82) is 0 Å². The first-order chi connectivity index (χ1) is 7.11. The highest BCUT2D eigenvalue weighted by atomic mass is 16.4. The predicted octanol–water partition coefficient (Wildman–Crippen LogP) is -0.450. The number of carboxylic acids is 1. The summed E-state index contributed by atoms with van der Waals surface area (Å²) in [5.41, 5.74) is 0. The van der Waals surface area contributed by atoms with Gasteiger partial charge in [0.2, 0.25) is 0 Å². The summed E-state index contributed by atoms with van der Waals surface area (Å²) in [6.07, 6.45) is 2.39. The molecule has 15 heavy (non-hydrogen) atoms. The SMILES string of the molecule is O=C(O)C1CCNCC1CCCB(O)O. The molecule has 4 N–H and O–H groups in total. The minimum absolute atomic E-state index is 0.120. The van der Waals surface area contributed by atoms with Crippen molar-refractivity contribution in [3.63, 3.8) is 0 Å². The highest BCUT2D eigenvalue weighted by Gasteiger charge is 2.30. The molecular weight excluding hydrogens is 197 g/mol. The van der Waals surface area contributed by atoms with Crippen LogP contribution in [0.5, 0.6) is 0 Å². The van der Waals surface area contributed by atoms with Crippen molar-refractivity contribution in [2.75, 3.05) is 13.1 Å². The Morgan fingerprint density at radius 1 is 1.47 bits per heavy atom. The van der Waals surface area contributed by atoms with Gasteiger partial charge in [-0.1, -0.05) is 6.42 Å². The van der Waals surface area contributed by atoms with Gasteiger partial charge < -0.3 is 20.5 Å². The number of piperidine rings is 1. The predicted molar refractivity (Wildman–Crippen MR) is 56.3 cm³/mol. The van der Waals surface area contributed by atoms with Gasteiger partial charge in [-0.15, -0.1) is 0 Å². The molecule has 1 saturated heterocycles. The topological polar surface area (TPSA) is 89.8 Å². The van der Waals surface area contributed by atoms with E-state index in [-0.39, 0.29) is 11.8 Å². The van der Waals surface area contributed by atoms with E-state index < -0.39 is 13.1 Å². The van der Waals surface area contributed by atoms with Gasteiger partial charge in [0.15, 0.2) is 0 Å². The maximum absolute atomic E-state index is 10.9. The summed E-state index contributed by atoms with van der Waals surface area (Å²) in [6.45, 7) is 1.48. The van der Waals surface area contributed by atoms with Gasteiger partial charge in [-0.2, -0.15) is 0 Å². The molecule has 0 aliphatic carbocycles. The third kappa shape index (κ3) is 4.19. The second-order valence-electron chi connectivity index (χ2n) is 4.11. The van der Waals surface area contributed by atoms with E-state index in [0.29, 0.717) is 19.2 Å². The van der Waals surface area contributed by atoms with Gasteiger partial charge >= 0.3 is 13.1 Å². The highest BCUT2D eigenvalue weighted by molar-refractivity contribution is 6.40. The van der Waals surface area contributed by atoms with Gasteiger partial charge in [-0.05, 0) is 38.2 Å². The lowest BCUT2D eigenvalue weighted by molar-refractivity contribution is -0.144. The van der Waals surface area contributed by atoms with Crippen LogP contribution in [0, 0.1) is 11.8 Å². The second-order valence-corrected chi connectivity index (χ2v) is 4.11. The third-order valence-electron chi connectivity index (χ3n) is 2.96. The molecule has 5 nitrogen and oxygen atoms in total. The van der Waals surface area contributed by atoms with E-state index in [1.807, 2.05) is 0 Å². The molecule has 0 amide bonds. The van der Waals surface area contributed by atoms with Crippen LogP contribution in [-0.2, 0) is 4.79 Å². The molecule has 86 valence electrons. The number of carbonyl (C=O) groups is 1. The van der Waals surface area contributed by atoms with Crippen molar-refractivity contribution in [3.05, 3.63) is 0 Å². The van der Waals surface area contributed by atoms with E-state index in [4.69, 9.17) is 15.2 Å². The van der Waals surface area contributed by atoms with Crippen molar-refractivity contribution in [1.82, 2.24) is 5.32 Å². The largest absolute Gasteiger partial charge is 0.481 e. The van der Waals surface area contributed by atoms with E-state index >= 15 is 0 Å². The Balaban J connectivity index is 2.33. The molecule has 1 rings (SSSR count). The summed E-state index contributed by atoms with van der Waals surface area (Å²) in [5.74, 6) is -0.886. The fourth-order valence-electron chi connectivity index (χ4n) is 2.11. The van der Waals surface area contributed by atoms with E-state index in [1.54, 1.807) is 0 Å². The van der Waals surface area contributed by atoms with Crippen molar-refractivity contribution < 1.29 is 19.9 Å². The monoisotopic (exact) mass is 215 g/mol. The summed E-state index contributed by atoms with van der Waals surface area (Å²) in [5, 5.41) is 29.5. The van der Waals surface area contributed by atoms with Crippen molar-refractivity contribution in [2.24, 2.45) is 11.8 Å². The smallest absolute Gasteiger partial charge is 0.451 e. The zero-order valence-electron chi connectivity index (χ0n) is 8.72. The van der Waals surface area contributed by atoms with Crippen LogP contribution in [0.3, 0.4) is 0 Å². The van der Waals surface area contributed by atoms with Crippen LogP contribution in [-0.4, -0.2) is 41.3 Å². The zero-order chi connectivity index (χ0) is 11.3. The Morgan fingerprint density at radius 3 is 2.80 bits per heavy atom. The summed E-state index contributed by atoms with van der Waals surface area (Å²) < 4.78 is 0. The van der Waals surface area contributed by atoms with Crippen molar-refractivity contribution in [3.8, 4) is 0 Å². The van der Waals surface area contributed by atoms with E-state index in [0.717, 1.165) is 19.5 Å². The highest BCUT2D eigenvalue weighted by Crippen LogP contribution is 2.24. The van der Waals surface area contributed by atoms with E-state index in [1.165, 1.54) is 0 Å². The number of rotatable bonds is 5. The molecule has 2 unspecified atom stereocenters. The van der Waals surface area contributed by atoms with Crippen molar-refractivity contribution >= 4 is 13.1 Å². The maximum Gasteiger partial charge on any atom is 0.451 e. The summed E-state index contributed by atoms with van der Waals surface area (Å²) >= 11 is 0. The molecule has 1 fully saturated rings. The molecule has 1 aliphatic heterocycles. The average molecular weight is 215 g/mol. The minimum atomic E-state index is -1.27. The molecule has 0 spiro atoms. The first kappa shape index (κ1) is 12.5. The number of carboxylic acid groups (broad SMARTS) is 1. The maximum atomic E-state index is 10.9. The number of aliphatic carboxylic acids is 1. The molecule has 0 aromatic carbocycles. The summed E-state index contributed by atoms with van der Waals surface area (Å²) in [7, 11) is -1.27. The van der Waals surface area contributed by atoms with Gasteiger partial charge in [-0.25, -0.2) is 0 Å². The van der Waals surface area contributed by atoms with Crippen LogP contribution in [0.4, 0.5) is 0 Å². The van der Waals surface area contributed by atoms with Gasteiger partial charge in [0, 0.05) is 0 Å². The normalized spacial score (nSPS) is 26.3. The minimum Gasteiger partial charge on any atom is -0.481 e. The number of hydrogen-bond donors (Lipinski definition) is 4. The van der Waals surface area contributed by atoms with Crippen LogP contribution in [0.15, 0.2) is 0 Å². The molecule has 0 aromatic rings. The lowest BCUT2D eigenvalue weighted by Gasteiger charge is -2.29. The molecule has 1 heterocycles. The van der Waals surface area contributed by atoms with Crippen LogP contribution >= 0.6 is 0 Å². The van der Waals surface area contributed by atoms with Crippen LogP contribution in [0.1, 0.15) is 19.3 Å². The molecule has 0 radical (unpaired) electrons. The van der Waals surface area contributed by atoms with Crippen LogP contribution in [0.2, 0.25) is 6.32 Å². The Hall–Kier alpha value is -0.585. The first-order valence-electron chi connectivity index (χ1n) is 5.41. The number of hydrogen-bond acceptors (Lipinski definition) is 4. The average Bonchev–Trinajstić information content (AvgIpc) is 2.17. The first-order valence-corrected chi connectivity index (χ1v) is 5.41. The molecule has 0 saturated carbocycles. The van der Waals surface area contributed by atoms with Crippen LogP contribution < -0.4 is 5.32 Å². The van der Waals surface area contributed by atoms with Gasteiger partial charge in [0.1, 0.15) is 0 Å². The molecule has 0 aromatic heterocycles. The Morgan fingerprint density at radius 2 is 2.20 bits per heavy atom. The van der Waals surface area contributed by atoms with Crippen LogP contribution in [0.25, 0.3) is 0 Å². The summed E-state index contributed by atoms with van der Waals surface area (Å²) in [4.78, 5) is 10.9. The molecule has 1 aliphatic rings. The van der Waals surface area contributed by atoms with Gasteiger partial charge in [0.25, 0.3) is 0 Å². The van der Waals surface area contributed by atoms with Gasteiger partial charge in [0.05, 0.1) is 5.92 Å². The Kier molecular flexibility index (Phi) is 5.07. The molecular formula is C9H18BNO4. The van der Waals surface area contributed by atoms with Gasteiger partial charge in [-0.3, -0.25) is 4.79 Å². The second kappa shape index (κ2) is 6.10. The fraction of sp³-hybridized carbons (Fsp3) is 0.889. The van der Waals surface area contributed by atoms with E-state index in [9.17, 15) is 4.79 Å². The zero-order valence-corrected chi connectivity index (χ0v) is 8.72. The standard InChI is InChI=1S/C9H18BNO4/c12-9(13)8-3-5-11-6-7(8)2-1-4-10(14)15/h7-8,11,14-15H,1-6H2,(H,12,13). The lowest BCUT2D eigenvalue weighted by atomic mass is 9.78.